The third kappa shape index (κ3) is 2.66. The van der Waals surface area contributed by atoms with Gasteiger partial charge < -0.3 is 19.6 Å². The molecule has 1 aromatic heterocycles. The zero-order valence-corrected chi connectivity index (χ0v) is 14.1. The fourth-order valence-corrected chi connectivity index (χ4v) is 2.88. The summed E-state index contributed by atoms with van der Waals surface area (Å²) in [6.45, 7) is 1.96. The first-order valence-electron chi connectivity index (χ1n) is 6.86. The van der Waals surface area contributed by atoms with Crippen LogP contribution >= 0.6 is 15.9 Å². The minimum absolute atomic E-state index is 0.0499. The lowest BCUT2D eigenvalue weighted by Crippen LogP contribution is -2.14. The normalized spacial score (nSPS) is 10.7. The number of phenols is 1. The highest BCUT2D eigenvalue weighted by Gasteiger charge is 2.25. The molecular formula is C17H14BrNO4. The number of hydrogen-bond acceptors (Lipinski definition) is 4. The van der Waals surface area contributed by atoms with Crippen molar-refractivity contribution in [2.24, 2.45) is 0 Å². The van der Waals surface area contributed by atoms with Crippen LogP contribution in [0.2, 0.25) is 0 Å². The summed E-state index contributed by atoms with van der Waals surface area (Å²) >= 11 is 3.26. The highest BCUT2D eigenvalue weighted by atomic mass is 79.9. The van der Waals surface area contributed by atoms with Crippen molar-refractivity contribution in [3.8, 4) is 11.5 Å². The van der Waals surface area contributed by atoms with E-state index in [2.05, 4.69) is 21.2 Å². The lowest BCUT2D eigenvalue weighted by Gasteiger charge is -2.13. The molecule has 0 unspecified atom stereocenters. The summed E-state index contributed by atoms with van der Waals surface area (Å²) < 4.78 is 11.0. The van der Waals surface area contributed by atoms with Gasteiger partial charge in [-0.2, -0.15) is 0 Å². The average Bonchev–Trinajstić information content (AvgIpc) is 3.02. The van der Waals surface area contributed by atoms with E-state index in [9.17, 15) is 9.90 Å². The van der Waals surface area contributed by atoms with Crippen LogP contribution < -0.4 is 10.1 Å². The number of furan rings is 1. The Hall–Kier alpha value is -2.47. The van der Waals surface area contributed by atoms with Crippen molar-refractivity contribution >= 4 is 38.5 Å². The maximum Gasteiger partial charge on any atom is 0.263 e. The number of aryl methyl sites for hydroxylation is 1. The van der Waals surface area contributed by atoms with E-state index in [1.54, 1.807) is 18.2 Å². The van der Waals surface area contributed by atoms with Crippen molar-refractivity contribution < 1.29 is 19.1 Å². The Morgan fingerprint density at radius 3 is 2.61 bits per heavy atom. The number of methoxy groups -OCH3 is 1. The first kappa shape index (κ1) is 15.4. The minimum atomic E-state index is -0.466. The molecule has 0 aliphatic rings. The molecule has 0 radical (unpaired) electrons. The fraction of sp³-hybridized carbons (Fsp3) is 0.118. The molecule has 0 saturated carbocycles. The molecule has 0 fully saturated rings. The summed E-state index contributed by atoms with van der Waals surface area (Å²) in [7, 11) is 1.44. The van der Waals surface area contributed by atoms with Crippen molar-refractivity contribution in [1.82, 2.24) is 0 Å². The summed E-state index contributed by atoms with van der Waals surface area (Å²) in [4.78, 5) is 12.6. The molecule has 118 valence electrons. The van der Waals surface area contributed by atoms with Crippen LogP contribution in [0.25, 0.3) is 11.0 Å². The molecule has 6 heteroatoms. The number of rotatable bonds is 3. The molecule has 0 atom stereocenters. The second kappa shape index (κ2) is 5.96. The highest BCUT2D eigenvalue weighted by Crippen LogP contribution is 2.43. The van der Waals surface area contributed by atoms with Gasteiger partial charge in [0.15, 0.2) is 5.58 Å². The van der Waals surface area contributed by atoms with Crippen LogP contribution in [0.1, 0.15) is 15.9 Å². The Kier molecular flexibility index (Phi) is 4.00. The van der Waals surface area contributed by atoms with Crippen molar-refractivity contribution in [1.29, 1.82) is 0 Å². The molecule has 3 rings (SSSR count). The van der Waals surface area contributed by atoms with Gasteiger partial charge in [-0.3, -0.25) is 4.79 Å². The van der Waals surface area contributed by atoms with Gasteiger partial charge >= 0.3 is 0 Å². The predicted molar refractivity (Wildman–Crippen MR) is 91.3 cm³/mol. The van der Waals surface area contributed by atoms with E-state index in [-0.39, 0.29) is 17.1 Å². The van der Waals surface area contributed by atoms with Crippen LogP contribution in [0.15, 0.2) is 45.5 Å². The third-order valence-corrected chi connectivity index (χ3v) is 4.26. The Bertz CT molecular complexity index is 884. The highest BCUT2D eigenvalue weighted by molar-refractivity contribution is 9.10. The number of fused-ring (bicyclic) bond motifs is 1. The Morgan fingerprint density at radius 1 is 1.26 bits per heavy atom. The standard InChI is InChI=1S/C17H14BrNO4/c1-9-3-5-10(6-4-9)19-17(21)12-14(20)13(18)16-11(7-8-23-16)15(12)22-2/h3-8,20H,1-2H3,(H,19,21). The van der Waals surface area contributed by atoms with Gasteiger partial charge in [-0.1, -0.05) is 17.7 Å². The number of halogens is 1. The zero-order valence-electron chi connectivity index (χ0n) is 12.5. The number of anilines is 1. The van der Waals surface area contributed by atoms with Gasteiger partial charge in [0.25, 0.3) is 5.91 Å². The van der Waals surface area contributed by atoms with Crippen LogP contribution in [-0.4, -0.2) is 18.1 Å². The molecular weight excluding hydrogens is 362 g/mol. The molecule has 3 aromatic rings. The van der Waals surface area contributed by atoms with Crippen molar-refractivity contribution in [3.63, 3.8) is 0 Å². The van der Waals surface area contributed by atoms with Gasteiger partial charge in [-0.05, 0) is 41.1 Å². The molecule has 0 saturated heterocycles. The van der Waals surface area contributed by atoms with Gasteiger partial charge in [0, 0.05) is 5.69 Å². The van der Waals surface area contributed by atoms with E-state index in [0.717, 1.165) is 5.56 Å². The molecule has 0 spiro atoms. The minimum Gasteiger partial charge on any atom is -0.506 e. The van der Waals surface area contributed by atoms with Crippen LogP contribution in [0.3, 0.4) is 0 Å². The number of aromatic hydroxyl groups is 1. The van der Waals surface area contributed by atoms with Crippen LogP contribution in [-0.2, 0) is 0 Å². The maximum absolute atomic E-state index is 12.6. The van der Waals surface area contributed by atoms with E-state index in [4.69, 9.17) is 9.15 Å². The first-order chi connectivity index (χ1) is 11.0. The molecule has 1 amide bonds. The summed E-state index contributed by atoms with van der Waals surface area (Å²) in [6, 6.07) is 9.05. The van der Waals surface area contributed by atoms with E-state index in [0.29, 0.717) is 21.1 Å². The van der Waals surface area contributed by atoms with E-state index >= 15 is 0 Å². The quantitative estimate of drug-likeness (QED) is 0.708. The molecule has 0 aliphatic carbocycles. The predicted octanol–water partition coefficient (Wildman–Crippen LogP) is 4.47. The summed E-state index contributed by atoms with van der Waals surface area (Å²) in [5.41, 5.74) is 2.19. The molecule has 23 heavy (non-hydrogen) atoms. The SMILES string of the molecule is COc1c(C(=O)Nc2ccc(C)cc2)c(O)c(Br)c2occc12. The zero-order chi connectivity index (χ0) is 16.6. The summed E-state index contributed by atoms with van der Waals surface area (Å²) in [5, 5.41) is 13.7. The number of phenolic OH excluding ortho intramolecular Hbond substituents is 1. The van der Waals surface area contributed by atoms with E-state index < -0.39 is 5.91 Å². The van der Waals surface area contributed by atoms with Crippen LogP contribution in [0.4, 0.5) is 5.69 Å². The van der Waals surface area contributed by atoms with Crippen LogP contribution in [0.5, 0.6) is 11.5 Å². The second-order valence-corrected chi connectivity index (χ2v) is 5.85. The number of ether oxygens (including phenoxy) is 1. The van der Waals surface area contributed by atoms with Crippen molar-refractivity contribution in [3.05, 3.63) is 52.2 Å². The number of nitrogens with one attached hydrogen (secondary N) is 1. The molecule has 5 nitrogen and oxygen atoms in total. The van der Waals surface area contributed by atoms with Gasteiger partial charge in [-0.25, -0.2) is 0 Å². The third-order valence-electron chi connectivity index (χ3n) is 3.52. The Morgan fingerprint density at radius 2 is 1.96 bits per heavy atom. The van der Waals surface area contributed by atoms with Crippen LogP contribution in [0, 0.1) is 6.92 Å². The number of amides is 1. The lowest BCUT2D eigenvalue weighted by atomic mass is 10.1. The lowest BCUT2D eigenvalue weighted by molar-refractivity contribution is 0.102. The first-order valence-corrected chi connectivity index (χ1v) is 7.66. The van der Waals surface area contributed by atoms with Crippen molar-refractivity contribution in [2.75, 3.05) is 12.4 Å². The molecule has 2 aromatic carbocycles. The largest absolute Gasteiger partial charge is 0.506 e. The smallest absolute Gasteiger partial charge is 0.263 e. The topological polar surface area (TPSA) is 71.7 Å². The molecule has 0 bridgehead atoms. The van der Waals surface area contributed by atoms with Gasteiger partial charge in [-0.15, -0.1) is 0 Å². The Labute approximate surface area is 141 Å². The van der Waals surface area contributed by atoms with Gasteiger partial charge in [0.05, 0.1) is 18.8 Å². The van der Waals surface area contributed by atoms with Crippen molar-refractivity contribution in [2.45, 2.75) is 6.92 Å². The number of benzene rings is 2. The maximum atomic E-state index is 12.6. The molecule has 1 heterocycles. The van der Waals surface area contributed by atoms with Gasteiger partial charge in [0.2, 0.25) is 0 Å². The number of carbonyl (C=O) groups excluding carboxylic acids is 1. The van der Waals surface area contributed by atoms with E-state index in [1.165, 1.54) is 13.4 Å². The average molecular weight is 376 g/mol. The fourth-order valence-electron chi connectivity index (χ4n) is 2.37. The molecule has 2 N–H and O–H groups in total. The summed E-state index contributed by atoms with van der Waals surface area (Å²) in [5.74, 6) is -0.431. The van der Waals surface area contributed by atoms with E-state index in [1.807, 2.05) is 19.1 Å². The second-order valence-electron chi connectivity index (χ2n) is 5.05. The Balaban J connectivity index is 2.09. The number of hydrogen-bond donors (Lipinski definition) is 2. The van der Waals surface area contributed by atoms with Gasteiger partial charge in [0.1, 0.15) is 21.5 Å². The number of carbonyl (C=O) groups is 1. The molecule has 0 aliphatic heterocycles. The summed E-state index contributed by atoms with van der Waals surface area (Å²) in [6.07, 6.45) is 1.47. The monoisotopic (exact) mass is 375 g/mol.